The lowest BCUT2D eigenvalue weighted by molar-refractivity contribution is 0.114. The second kappa shape index (κ2) is 4.26. The van der Waals surface area contributed by atoms with Gasteiger partial charge in [0.15, 0.2) is 0 Å². The van der Waals surface area contributed by atoms with E-state index in [1.807, 2.05) is 0 Å². The maximum Gasteiger partial charge on any atom is 0.0185 e. The normalized spacial score (nSPS) is 54.2. The molecule has 6 atom stereocenters. The summed E-state index contributed by atoms with van der Waals surface area (Å²) in [6, 6.07) is 0. The summed E-state index contributed by atoms with van der Waals surface area (Å²) in [6.07, 6.45) is 11.4. The van der Waals surface area contributed by atoms with Crippen LogP contribution in [0.4, 0.5) is 0 Å². The zero-order valence-electron chi connectivity index (χ0n) is 11.6. The number of hydrogen-bond acceptors (Lipinski definition) is 1. The summed E-state index contributed by atoms with van der Waals surface area (Å²) in [5.41, 5.74) is 6.98. The third-order valence-electron chi connectivity index (χ3n) is 6.33. The quantitative estimate of drug-likeness (QED) is 0.770. The molecule has 0 aromatic rings. The molecule has 6 unspecified atom stereocenters. The fourth-order valence-electron chi connectivity index (χ4n) is 5.17. The maximum atomic E-state index is 6.80. The third-order valence-corrected chi connectivity index (χ3v) is 6.33. The largest absolute Gasteiger partial charge is 0.325 e. The van der Waals surface area contributed by atoms with Gasteiger partial charge >= 0.3 is 0 Å². The summed E-state index contributed by atoms with van der Waals surface area (Å²) in [4.78, 5) is 0. The molecule has 98 valence electrons. The van der Waals surface area contributed by atoms with E-state index in [1.165, 1.54) is 51.4 Å². The van der Waals surface area contributed by atoms with Crippen LogP contribution in [0.15, 0.2) is 0 Å². The Balaban J connectivity index is 1.66. The van der Waals surface area contributed by atoms with Crippen molar-refractivity contribution in [2.75, 3.05) is 0 Å². The van der Waals surface area contributed by atoms with Crippen LogP contribution in [0.2, 0.25) is 0 Å². The Morgan fingerprint density at radius 1 is 1.06 bits per heavy atom. The van der Waals surface area contributed by atoms with Gasteiger partial charge in [0.1, 0.15) is 0 Å². The first-order valence-electron chi connectivity index (χ1n) is 7.85. The molecule has 2 N–H and O–H groups in total. The van der Waals surface area contributed by atoms with Gasteiger partial charge in [-0.2, -0.15) is 0 Å². The van der Waals surface area contributed by atoms with Crippen LogP contribution in [0.25, 0.3) is 0 Å². The van der Waals surface area contributed by atoms with E-state index in [0.717, 1.165) is 29.6 Å². The van der Waals surface area contributed by atoms with Gasteiger partial charge in [0.05, 0.1) is 0 Å². The van der Waals surface area contributed by atoms with Crippen LogP contribution in [0, 0.1) is 29.6 Å². The van der Waals surface area contributed by atoms with E-state index < -0.39 is 0 Å². The van der Waals surface area contributed by atoms with Crippen LogP contribution < -0.4 is 5.73 Å². The molecule has 3 aliphatic rings. The molecule has 0 aromatic carbocycles. The Hall–Kier alpha value is -0.0400. The summed E-state index contributed by atoms with van der Waals surface area (Å²) < 4.78 is 0. The molecule has 0 heterocycles. The van der Waals surface area contributed by atoms with Crippen molar-refractivity contribution in [3.05, 3.63) is 0 Å². The van der Waals surface area contributed by atoms with Crippen molar-refractivity contribution in [2.24, 2.45) is 35.3 Å². The fourth-order valence-corrected chi connectivity index (χ4v) is 5.17. The molecule has 0 spiro atoms. The molecule has 1 heteroatoms. The van der Waals surface area contributed by atoms with E-state index in [2.05, 4.69) is 13.8 Å². The van der Waals surface area contributed by atoms with E-state index in [-0.39, 0.29) is 5.54 Å². The van der Waals surface area contributed by atoms with Gasteiger partial charge < -0.3 is 5.73 Å². The van der Waals surface area contributed by atoms with E-state index in [1.54, 1.807) is 0 Å². The molecular formula is C16H29N. The first-order chi connectivity index (χ1) is 8.07. The summed E-state index contributed by atoms with van der Waals surface area (Å²) in [7, 11) is 0. The van der Waals surface area contributed by atoms with E-state index in [9.17, 15) is 0 Å². The van der Waals surface area contributed by atoms with Gasteiger partial charge in [-0.3, -0.25) is 0 Å². The molecule has 0 radical (unpaired) electrons. The van der Waals surface area contributed by atoms with Crippen molar-refractivity contribution >= 4 is 0 Å². The second-order valence-corrected chi connectivity index (χ2v) is 7.66. The lowest BCUT2D eigenvalue weighted by Crippen LogP contribution is -2.51. The second-order valence-electron chi connectivity index (χ2n) is 7.66. The third kappa shape index (κ3) is 2.16. The predicted octanol–water partition coefficient (Wildman–Crippen LogP) is 3.97. The Morgan fingerprint density at radius 2 is 1.88 bits per heavy atom. The van der Waals surface area contributed by atoms with Crippen molar-refractivity contribution in [3.63, 3.8) is 0 Å². The molecule has 0 amide bonds. The summed E-state index contributed by atoms with van der Waals surface area (Å²) in [5.74, 6) is 4.70. The molecule has 2 bridgehead atoms. The van der Waals surface area contributed by atoms with E-state index in [0.29, 0.717) is 0 Å². The van der Waals surface area contributed by atoms with Gasteiger partial charge in [0, 0.05) is 5.54 Å². The Kier molecular flexibility index (Phi) is 3.01. The molecule has 3 fully saturated rings. The minimum Gasteiger partial charge on any atom is -0.325 e. The van der Waals surface area contributed by atoms with Crippen LogP contribution in [-0.4, -0.2) is 5.54 Å². The van der Waals surface area contributed by atoms with Gasteiger partial charge in [-0.05, 0) is 68.1 Å². The van der Waals surface area contributed by atoms with Gasteiger partial charge in [0.2, 0.25) is 0 Å². The Bertz CT molecular complexity index is 287. The zero-order chi connectivity index (χ0) is 12.0. The van der Waals surface area contributed by atoms with E-state index >= 15 is 0 Å². The van der Waals surface area contributed by atoms with Gasteiger partial charge in [-0.1, -0.05) is 26.7 Å². The number of rotatable bonds is 2. The Labute approximate surface area is 107 Å². The first kappa shape index (κ1) is 12.0. The van der Waals surface area contributed by atoms with Gasteiger partial charge in [-0.15, -0.1) is 0 Å². The summed E-state index contributed by atoms with van der Waals surface area (Å²) in [6.45, 7) is 4.80. The summed E-state index contributed by atoms with van der Waals surface area (Å²) in [5, 5.41) is 0. The SMILES string of the molecule is CC1CCC(C)C(N)(CC2CC3CCC2C3)C1. The van der Waals surface area contributed by atoms with Crippen molar-refractivity contribution < 1.29 is 0 Å². The standard InChI is InChI=1S/C16H29N/c1-11-3-4-12(2)16(17,9-11)10-15-8-13-5-6-14(15)7-13/h11-15H,3-10,17H2,1-2H3. The number of hydrogen-bond donors (Lipinski definition) is 1. The first-order valence-corrected chi connectivity index (χ1v) is 7.85. The van der Waals surface area contributed by atoms with Crippen LogP contribution in [0.3, 0.4) is 0 Å². The molecule has 3 aliphatic carbocycles. The lowest BCUT2D eigenvalue weighted by Gasteiger charge is -2.45. The van der Waals surface area contributed by atoms with Crippen molar-refractivity contribution in [1.29, 1.82) is 0 Å². The topological polar surface area (TPSA) is 26.0 Å². The average molecular weight is 235 g/mol. The van der Waals surface area contributed by atoms with Crippen LogP contribution in [0.5, 0.6) is 0 Å². The predicted molar refractivity (Wildman–Crippen MR) is 72.7 cm³/mol. The van der Waals surface area contributed by atoms with Crippen molar-refractivity contribution in [1.82, 2.24) is 0 Å². The maximum absolute atomic E-state index is 6.80. The van der Waals surface area contributed by atoms with Gasteiger partial charge in [0.25, 0.3) is 0 Å². The molecule has 3 saturated carbocycles. The monoisotopic (exact) mass is 235 g/mol. The molecule has 0 aliphatic heterocycles. The molecule has 0 saturated heterocycles. The van der Waals surface area contributed by atoms with Crippen molar-refractivity contribution in [3.8, 4) is 0 Å². The highest BCUT2D eigenvalue weighted by Gasteiger charge is 2.45. The van der Waals surface area contributed by atoms with Crippen LogP contribution in [0.1, 0.15) is 65.2 Å². The minimum atomic E-state index is 0.173. The highest BCUT2D eigenvalue weighted by Crippen LogP contribution is 2.52. The fraction of sp³-hybridized carbons (Fsp3) is 1.00. The van der Waals surface area contributed by atoms with E-state index in [4.69, 9.17) is 5.73 Å². The van der Waals surface area contributed by atoms with Crippen molar-refractivity contribution in [2.45, 2.75) is 70.8 Å². The molecule has 0 aromatic heterocycles. The Morgan fingerprint density at radius 3 is 2.53 bits per heavy atom. The molecular weight excluding hydrogens is 206 g/mol. The lowest BCUT2D eigenvalue weighted by atomic mass is 9.65. The zero-order valence-corrected chi connectivity index (χ0v) is 11.6. The minimum absolute atomic E-state index is 0.173. The number of nitrogens with two attached hydrogens (primary N) is 1. The number of fused-ring (bicyclic) bond motifs is 2. The van der Waals surface area contributed by atoms with Gasteiger partial charge in [-0.25, -0.2) is 0 Å². The highest BCUT2D eigenvalue weighted by molar-refractivity contribution is 5.00. The highest BCUT2D eigenvalue weighted by atomic mass is 14.8. The molecule has 3 rings (SSSR count). The van der Waals surface area contributed by atoms with Crippen LogP contribution >= 0.6 is 0 Å². The molecule has 17 heavy (non-hydrogen) atoms. The molecule has 1 nitrogen and oxygen atoms in total. The van der Waals surface area contributed by atoms with Crippen LogP contribution in [-0.2, 0) is 0 Å². The summed E-state index contributed by atoms with van der Waals surface area (Å²) >= 11 is 0. The average Bonchev–Trinajstić information content (AvgIpc) is 2.85. The smallest absolute Gasteiger partial charge is 0.0185 e.